The van der Waals surface area contributed by atoms with Crippen molar-refractivity contribution in [1.29, 1.82) is 0 Å². The highest BCUT2D eigenvalue weighted by atomic mass is 16.6. The van der Waals surface area contributed by atoms with Crippen LogP contribution in [0.2, 0.25) is 0 Å². The first-order valence-corrected chi connectivity index (χ1v) is 6.87. The number of epoxide rings is 1. The molecule has 0 bridgehead atoms. The largest absolute Gasteiger partial charge is 0.458 e. The number of carbonyl (C=O) groups excluding carboxylic acids is 1. The van der Waals surface area contributed by atoms with Gasteiger partial charge in [-0.2, -0.15) is 0 Å². The van der Waals surface area contributed by atoms with Gasteiger partial charge in [0.25, 0.3) is 0 Å². The predicted molar refractivity (Wildman–Crippen MR) is 67.1 cm³/mol. The maximum absolute atomic E-state index is 11.8. The van der Waals surface area contributed by atoms with Gasteiger partial charge >= 0.3 is 5.97 Å². The monoisotopic (exact) mass is 262 g/mol. The van der Waals surface area contributed by atoms with Gasteiger partial charge in [0.1, 0.15) is 6.10 Å². The van der Waals surface area contributed by atoms with E-state index in [4.69, 9.17) is 9.47 Å². The number of esters is 1. The van der Waals surface area contributed by atoms with Crippen molar-refractivity contribution in [1.82, 2.24) is 0 Å². The van der Waals surface area contributed by atoms with E-state index in [0.717, 1.165) is 12.0 Å². The molecule has 2 heterocycles. The van der Waals surface area contributed by atoms with Gasteiger partial charge in [-0.05, 0) is 25.7 Å². The molecule has 4 fully saturated rings. The highest BCUT2D eigenvalue weighted by Crippen LogP contribution is 2.63. The van der Waals surface area contributed by atoms with Crippen molar-refractivity contribution < 1.29 is 19.4 Å². The zero-order chi connectivity index (χ0) is 13.5. The molecular formula is C15H18O4. The van der Waals surface area contributed by atoms with Crippen molar-refractivity contribution in [3.05, 3.63) is 24.3 Å². The number of hydrogen-bond donors (Lipinski definition) is 1. The molecule has 0 unspecified atom stereocenters. The normalized spacial score (nSPS) is 55.2. The van der Waals surface area contributed by atoms with Crippen LogP contribution in [0.5, 0.6) is 0 Å². The zero-order valence-corrected chi connectivity index (χ0v) is 11.0. The van der Waals surface area contributed by atoms with E-state index in [0.29, 0.717) is 12.0 Å². The first-order chi connectivity index (χ1) is 8.93. The van der Waals surface area contributed by atoms with Crippen LogP contribution in [0.3, 0.4) is 0 Å². The van der Waals surface area contributed by atoms with Crippen LogP contribution >= 0.6 is 0 Å². The van der Waals surface area contributed by atoms with Crippen molar-refractivity contribution in [2.45, 2.75) is 43.7 Å². The second-order valence-corrected chi connectivity index (χ2v) is 6.51. The lowest BCUT2D eigenvalue weighted by atomic mass is 9.78. The molecule has 0 radical (unpaired) electrons. The summed E-state index contributed by atoms with van der Waals surface area (Å²) in [6, 6.07) is 0. The van der Waals surface area contributed by atoms with Crippen LogP contribution in [0.1, 0.15) is 19.8 Å². The molecule has 4 nitrogen and oxygen atoms in total. The molecule has 1 N–H and O–H groups in total. The third kappa shape index (κ3) is 1.29. The minimum absolute atomic E-state index is 0.107. The number of ether oxygens (including phenoxy) is 2. The number of fused-ring (bicyclic) bond motifs is 5. The van der Waals surface area contributed by atoms with Gasteiger partial charge in [0.05, 0.1) is 23.7 Å². The van der Waals surface area contributed by atoms with Crippen molar-refractivity contribution in [3.8, 4) is 0 Å². The molecule has 4 heteroatoms. The van der Waals surface area contributed by atoms with E-state index in [1.54, 1.807) is 0 Å². The molecule has 2 aliphatic carbocycles. The number of carbonyl (C=O) groups is 1. The molecule has 4 aliphatic rings. The standard InChI is InChI=1S/C15H18O4/c1-6-4-9(16)11-7(2)14(17)18-13(11)12-8(6)5-10-15(12,3)19-10/h8-13,16H,1-2,4-5H2,3H3/t8-,9-,10+,11-,12-,13-,15+/m0/s1. The number of aliphatic hydroxyl groups is 1. The van der Waals surface area contributed by atoms with Crippen molar-refractivity contribution in [3.63, 3.8) is 0 Å². The minimum Gasteiger partial charge on any atom is -0.458 e. The zero-order valence-electron chi connectivity index (χ0n) is 11.0. The fourth-order valence-electron chi connectivity index (χ4n) is 4.50. The van der Waals surface area contributed by atoms with E-state index in [9.17, 15) is 9.90 Å². The van der Waals surface area contributed by atoms with Crippen LogP contribution in [0.25, 0.3) is 0 Å². The molecule has 2 aliphatic heterocycles. The second kappa shape index (κ2) is 3.30. The Balaban J connectivity index is 1.80. The van der Waals surface area contributed by atoms with Gasteiger partial charge < -0.3 is 14.6 Å². The second-order valence-electron chi connectivity index (χ2n) is 6.51. The smallest absolute Gasteiger partial charge is 0.334 e. The summed E-state index contributed by atoms with van der Waals surface area (Å²) in [7, 11) is 0. The number of rotatable bonds is 0. The molecule has 2 saturated carbocycles. The molecule has 2 saturated heterocycles. The Kier molecular flexibility index (Phi) is 2.03. The number of hydrogen-bond acceptors (Lipinski definition) is 4. The molecule has 7 atom stereocenters. The summed E-state index contributed by atoms with van der Waals surface area (Å²) in [5.74, 6) is -0.283. The van der Waals surface area contributed by atoms with Crippen molar-refractivity contribution in [2.24, 2.45) is 17.8 Å². The van der Waals surface area contributed by atoms with E-state index in [2.05, 4.69) is 20.1 Å². The molecule has 0 spiro atoms. The summed E-state index contributed by atoms with van der Waals surface area (Å²) < 4.78 is 11.3. The van der Waals surface area contributed by atoms with E-state index in [-0.39, 0.29) is 41.5 Å². The van der Waals surface area contributed by atoms with Crippen LogP contribution < -0.4 is 0 Å². The molecule has 19 heavy (non-hydrogen) atoms. The highest BCUT2D eigenvalue weighted by Gasteiger charge is 2.71. The maximum atomic E-state index is 11.8. The van der Waals surface area contributed by atoms with E-state index < -0.39 is 6.10 Å². The Morgan fingerprint density at radius 3 is 2.89 bits per heavy atom. The van der Waals surface area contributed by atoms with Crippen LogP contribution in [-0.4, -0.2) is 35.0 Å². The summed E-state index contributed by atoms with van der Waals surface area (Å²) in [5, 5.41) is 10.4. The average Bonchev–Trinajstić information content (AvgIpc) is 2.79. The average molecular weight is 262 g/mol. The molecule has 0 aromatic rings. The quantitative estimate of drug-likeness (QED) is 0.308. The van der Waals surface area contributed by atoms with Gasteiger partial charge in [-0.3, -0.25) is 0 Å². The van der Waals surface area contributed by atoms with Crippen LogP contribution in [-0.2, 0) is 14.3 Å². The summed E-state index contributed by atoms with van der Waals surface area (Å²) in [5.41, 5.74) is 1.25. The van der Waals surface area contributed by atoms with Crippen LogP contribution in [0.4, 0.5) is 0 Å². The van der Waals surface area contributed by atoms with E-state index in [1.807, 2.05) is 0 Å². The Hall–Kier alpha value is -1.13. The lowest BCUT2D eigenvalue weighted by molar-refractivity contribution is -0.143. The SMILES string of the molecule is C=C1C(=O)O[C@H]2[C@@H]1[C@@H](O)CC(=C)[C@@H]1C[C@H]3O[C@@]3(C)[C@H]21. The minimum atomic E-state index is -0.622. The van der Waals surface area contributed by atoms with Gasteiger partial charge in [0.15, 0.2) is 0 Å². The van der Waals surface area contributed by atoms with Gasteiger partial charge in [-0.15, -0.1) is 0 Å². The van der Waals surface area contributed by atoms with Gasteiger partial charge in [0, 0.05) is 11.5 Å². The number of aliphatic hydroxyl groups excluding tert-OH is 1. The molecule has 0 aromatic carbocycles. The van der Waals surface area contributed by atoms with Crippen LogP contribution in [0.15, 0.2) is 24.3 Å². The Morgan fingerprint density at radius 1 is 1.42 bits per heavy atom. The Bertz CT molecular complexity index is 510. The van der Waals surface area contributed by atoms with E-state index in [1.165, 1.54) is 0 Å². The van der Waals surface area contributed by atoms with Gasteiger partial charge in [0.2, 0.25) is 0 Å². The highest BCUT2D eigenvalue weighted by molar-refractivity contribution is 5.91. The summed E-state index contributed by atoms with van der Waals surface area (Å²) >= 11 is 0. The summed E-state index contributed by atoms with van der Waals surface area (Å²) in [4.78, 5) is 11.8. The van der Waals surface area contributed by atoms with Gasteiger partial charge in [-0.25, -0.2) is 4.79 Å². The lowest BCUT2D eigenvalue weighted by Gasteiger charge is -2.30. The molecule has 102 valence electrons. The first kappa shape index (κ1) is 11.7. The fraction of sp³-hybridized carbons (Fsp3) is 0.667. The third-order valence-electron chi connectivity index (χ3n) is 5.57. The maximum Gasteiger partial charge on any atom is 0.334 e. The molecule has 0 aromatic heterocycles. The predicted octanol–water partition coefficient (Wildman–Crippen LogP) is 1.20. The topological polar surface area (TPSA) is 59.1 Å². The molecule has 4 rings (SSSR count). The third-order valence-corrected chi connectivity index (χ3v) is 5.57. The Morgan fingerprint density at radius 2 is 2.16 bits per heavy atom. The lowest BCUT2D eigenvalue weighted by Crippen LogP contribution is -2.39. The van der Waals surface area contributed by atoms with Gasteiger partial charge in [-0.1, -0.05) is 18.7 Å². The molecule has 0 amide bonds. The first-order valence-electron chi connectivity index (χ1n) is 6.87. The van der Waals surface area contributed by atoms with Crippen LogP contribution in [0, 0.1) is 17.8 Å². The summed E-state index contributed by atoms with van der Waals surface area (Å²) in [6.07, 6.45) is 0.781. The molecular weight excluding hydrogens is 244 g/mol. The van der Waals surface area contributed by atoms with Crippen molar-refractivity contribution >= 4 is 5.97 Å². The van der Waals surface area contributed by atoms with Crippen molar-refractivity contribution in [2.75, 3.05) is 0 Å². The summed E-state index contributed by atoms with van der Waals surface area (Å²) in [6.45, 7) is 10.0. The Labute approximate surface area is 112 Å². The van der Waals surface area contributed by atoms with E-state index >= 15 is 0 Å². The fourth-order valence-corrected chi connectivity index (χ4v) is 4.50.